The first kappa shape index (κ1) is 14.0. The van der Waals surface area contributed by atoms with Crippen LogP contribution in [0, 0.1) is 0 Å². The van der Waals surface area contributed by atoms with Gasteiger partial charge in [-0.25, -0.2) is 9.78 Å². The molecule has 0 aliphatic rings. The van der Waals surface area contributed by atoms with Crippen LogP contribution in [0.5, 0.6) is 0 Å². The molecule has 2 aromatic heterocycles. The Morgan fingerprint density at radius 1 is 1.53 bits per heavy atom. The van der Waals surface area contributed by atoms with Gasteiger partial charge in [0.2, 0.25) is 0 Å². The number of aromatic nitrogens is 1. The van der Waals surface area contributed by atoms with Crippen molar-refractivity contribution in [3.8, 4) is 0 Å². The molecular formula is C12H11ClN2O2S2. The third-order valence-corrected chi connectivity index (χ3v) is 4.75. The molecule has 0 spiro atoms. The van der Waals surface area contributed by atoms with Crippen LogP contribution in [0.1, 0.15) is 9.75 Å². The molecule has 2 heterocycles. The van der Waals surface area contributed by atoms with E-state index in [9.17, 15) is 9.90 Å². The highest BCUT2D eigenvalue weighted by Gasteiger charge is 2.15. The van der Waals surface area contributed by atoms with Crippen molar-refractivity contribution in [1.82, 2.24) is 4.98 Å². The highest BCUT2D eigenvalue weighted by atomic mass is 35.5. The number of carbonyl (C=O) groups is 1. The van der Waals surface area contributed by atoms with Gasteiger partial charge in [0.1, 0.15) is 5.15 Å². The van der Waals surface area contributed by atoms with Crippen LogP contribution >= 0.6 is 34.3 Å². The number of thiophene rings is 1. The zero-order chi connectivity index (χ0) is 14.0. The lowest BCUT2D eigenvalue weighted by Gasteiger charge is -2.04. The van der Waals surface area contributed by atoms with E-state index in [2.05, 4.69) is 4.98 Å². The van der Waals surface area contributed by atoms with Gasteiger partial charge in [0.25, 0.3) is 0 Å². The number of carboxylic acid groups (broad SMARTS) is 1. The third-order valence-electron chi connectivity index (χ3n) is 2.27. The van der Waals surface area contributed by atoms with E-state index in [-0.39, 0.29) is 5.57 Å². The third kappa shape index (κ3) is 3.15. The Hall–Kier alpha value is -1.37. The zero-order valence-corrected chi connectivity index (χ0v) is 12.6. The number of rotatable bonds is 4. The van der Waals surface area contributed by atoms with E-state index in [4.69, 9.17) is 11.6 Å². The molecule has 0 unspecified atom stereocenters. The Morgan fingerprint density at radius 3 is 2.74 bits per heavy atom. The van der Waals surface area contributed by atoms with Crippen molar-refractivity contribution in [2.45, 2.75) is 0 Å². The second-order valence-electron chi connectivity index (χ2n) is 3.89. The maximum absolute atomic E-state index is 11.3. The van der Waals surface area contributed by atoms with E-state index in [0.717, 1.165) is 5.13 Å². The quantitative estimate of drug-likeness (QED) is 0.877. The van der Waals surface area contributed by atoms with Crippen molar-refractivity contribution in [2.75, 3.05) is 19.0 Å². The first-order valence-electron chi connectivity index (χ1n) is 5.31. The molecule has 0 aliphatic carbocycles. The summed E-state index contributed by atoms with van der Waals surface area (Å²) in [6, 6.07) is 3.59. The van der Waals surface area contributed by atoms with Gasteiger partial charge in [0.15, 0.2) is 5.13 Å². The second-order valence-corrected chi connectivity index (χ2v) is 6.20. The van der Waals surface area contributed by atoms with Crippen molar-refractivity contribution in [3.05, 3.63) is 32.4 Å². The number of halogens is 1. The highest BCUT2D eigenvalue weighted by Crippen LogP contribution is 2.33. The Morgan fingerprint density at radius 2 is 2.26 bits per heavy atom. The predicted molar refractivity (Wildman–Crippen MR) is 81.3 cm³/mol. The number of nitrogens with zero attached hydrogens (tertiary/aromatic N) is 2. The number of hydrogen-bond donors (Lipinski definition) is 1. The normalized spacial score (nSPS) is 11.6. The summed E-state index contributed by atoms with van der Waals surface area (Å²) in [5, 5.41) is 12.2. The van der Waals surface area contributed by atoms with Gasteiger partial charge in [-0.05, 0) is 17.5 Å². The van der Waals surface area contributed by atoms with Crippen LogP contribution in [0.15, 0.2) is 17.5 Å². The number of anilines is 1. The van der Waals surface area contributed by atoms with Crippen molar-refractivity contribution < 1.29 is 9.90 Å². The van der Waals surface area contributed by atoms with Gasteiger partial charge in [0, 0.05) is 19.0 Å². The summed E-state index contributed by atoms with van der Waals surface area (Å²) >= 11 is 8.78. The van der Waals surface area contributed by atoms with Crippen LogP contribution in [-0.4, -0.2) is 30.2 Å². The maximum atomic E-state index is 11.3. The van der Waals surface area contributed by atoms with Crippen LogP contribution in [-0.2, 0) is 4.79 Å². The minimum absolute atomic E-state index is 0.228. The molecule has 4 nitrogen and oxygen atoms in total. The summed E-state index contributed by atoms with van der Waals surface area (Å²) in [5.41, 5.74) is 0.228. The molecule has 0 fully saturated rings. The molecule has 0 radical (unpaired) electrons. The lowest BCUT2D eigenvalue weighted by atomic mass is 10.2. The number of thiazole rings is 1. The fourth-order valence-electron chi connectivity index (χ4n) is 1.38. The lowest BCUT2D eigenvalue weighted by molar-refractivity contribution is -0.130. The Bertz CT molecular complexity index is 618. The summed E-state index contributed by atoms with van der Waals surface area (Å²) < 4.78 is 0. The first-order chi connectivity index (χ1) is 8.99. The smallest absolute Gasteiger partial charge is 0.337 e. The summed E-state index contributed by atoms with van der Waals surface area (Å²) in [5.74, 6) is -0.974. The molecule has 2 aromatic rings. The lowest BCUT2D eigenvalue weighted by Crippen LogP contribution is -2.07. The van der Waals surface area contributed by atoms with Crippen LogP contribution in [0.3, 0.4) is 0 Å². The first-order valence-corrected chi connectivity index (χ1v) is 7.39. The summed E-state index contributed by atoms with van der Waals surface area (Å²) in [6.45, 7) is 0. The predicted octanol–water partition coefficient (Wildman–Crippen LogP) is 3.55. The average molecular weight is 315 g/mol. The Labute approximate surface area is 123 Å². The van der Waals surface area contributed by atoms with Crippen molar-refractivity contribution in [2.24, 2.45) is 0 Å². The molecule has 2 rings (SSSR count). The minimum Gasteiger partial charge on any atom is -0.478 e. The molecule has 0 aromatic carbocycles. The van der Waals surface area contributed by atoms with Gasteiger partial charge < -0.3 is 10.0 Å². The standard InChI is InChI=1S/C12H11ClN2O2S2/c1-15(2)12-14-10(13)9(19-12)6-7(11(16)17)8-4-3-5-18-8/h3-6H,1-2H3,(H,16,17)/b7-6-. The zero-order valence-electron chi connectivity index (χ0n) is 10.3. The number of aliphatic carboxylic acids is 1. The van der Waals surface area contributed by atoms with Gasteiger partial charge >= 0.3 is 5.97 Å². The van der Waals surface area contributed by atoms with Gasteiger partial charge in [-0.2, -0.15) is 0 Å². The Kier molecular flexibility index (Phi) is 4.24. The highest BCUT2D eigenvalue weighted by molar-refractivity contribution is 7.17. The molecule has 1 N–H and O–H groups in total. The number of carboxylic acids is 1. The van der Waals surface area contributed by atoms with Crippen molar-refractivity contribution in [1.29, 1.82) is 0 Å². The number of hydrogen-bond acceptors (Lipinski definition) is 5. The molecule has 100 valence electrons. The van der Waals surface area contributed by atoms with Gasteiger partial charge in [-0.1, -0.05) is 29.0 Å². The molecule has 0 atom stereocenters. The SMILES string of the molecule is CN(C)c1nc(Cl)c(/C=C(\C(=O)O)c2cccs2)s1. The van der Waals surface area contributed by atoms with Crippen LogP contribution in [0.2, 0.25) is 5.15 Å². The van der Waals surface area contributed by atoms with Crippen molar-refractivity contribution in [3.63, 3.8) is 0 Å². The molecule has 0 saturated carbocycles. The molecule has 0 aliphatic heterocycles. The van der Waals surface area contributed by atoms with E-state index in [1.807, 2.05) is 30.4 Å². The van der Waals surface area contributed by atoms with E-state index in [0.29, 0.717) is 14.9 Å². The van der Waals surface area contributed by atoms with Gasteiger partial charge in [-0.15, -0.1) is 11.3 Å². The fraction of sp³-hybridized carbons (Fsp3) is 0.167. The second kappa shape index (κ2) is 5.73. The van der Waals surface area contributed by atoms with Crippen molar-refractivity contribution >= 4 is 57.0 Å². The van der Waals surface area contributed by atoms with E-state index >= 15 is 0 Å². The molecule has 0 amide bonds. The van der Waals surface area contributed by atoms with E-state index < -0.39 is 5.97 Å². The maximum Gasteiger partial charge on any atom is 0.337 e. The fourth-order valence-corrected chi connectivity index (χ4v) is 3.24. The largest absolute Gasteiger partial charge is 0.478 e. The molecule has 0 bridgehead atoms. The molecule has 7 heteroatoms. The van der Waals surface area contributed by atoms with Gasteiger partial charge in [0.05, 0.1) is 10.5 Å². The minimum atomic E-state index is -0.974. The van der Waals surface area contributed by atoms with E-state index in [1.54, 1.807) is 12.1 Å². The Balaban J connectivity index is 2.45. The summed E-state index contributed by atoms with van der Waals surface area (Å²) in [6.07, 6.45) is 1.57. The topological polar surface area (TPSA) is 53.4 Å². The van der Waals surface area contributed by atoms with E-state index in [1.165, 1.54) is 22.7 Å². The monoisotopic (exact) mass is 314 g/mol. The molecule has 0 saturated heterocycles. The van der Waals surface area contributed by atoms with Crippen LogP contribution in [0.4, 0.5) is 5.13 Å². The summed E-state index contributed by atoms with van der Waals surface area (Å²) in [7, 11) is 3.72. The molecular weight excluding hydrogens is 304 g/mol. The van der Waals surface area contributed by atoms with Crippen LogP contribution < -0.4 is 4.90 Å². The van der Waals surface area contributed by atoms with Gasteiger partial charge in [-0.3, -0.25) is 0 Å². The summed E-state index contributed by atoms with van der Waals surface area (Å²) in [4.78, 5) is 18.7. The average Bonchev–Trinajstić information content (AvgIpc) is 2.95. The molecule has 19 heavy (non-hydrogen) atoms. The van der Waals surface area contributed by atoms with Crippen LogP contribution in [0.25, 0.3) is 11.6 Å².